The van der Waals surface area contributed by atoms with Gasteiger partial charge in [0.15, 0.2) is 6.10 Å². The summed E-state index contributed by atoms with van der Waals surface area (Å²) in [4.78, 5) is 16.8. The summed E-state index contributed by atoms with van der Waals surface area (Å²) in [7, 11) is 1.79. The molecule has 2 aliphatic heterocycles. The number of rotatable bonds is 5. The molecule has 1 unspecified atom stereocenters. The maximum atomic E-state index is 12.4. The number of carbonyl (C=O) groups excluding carboxylic acids is 1. The molecule has 2 saturated heterocycles. The van der Waals surface area contributed by atoms with Gasteiger partial charge in [-0.15, -0.1) is 0 Å². The average Bonchev–Trinajstić information content (AvgIpc) is 2.55. The van der Waals surface area contributed by atoms with Gasteiger partial charge in [0.25, 0.3) is 5.91 Å². The van der Waals surface area contributed by atoms with Crippen LogP contribution in [0.25, 0.3) is 0 Å². The fourth-order valence-electron chi connectivity index (χ4n) is 3.35. The van der Waals surface area contributed by atoms with Crippen LogP contribution >= 0.6 is 0 Å². The first kappa shape index (κ1) is 16.3. The Bertz CT molecular complexity index is 508. The maximum Gasteiger partial charge on any atom is 0.263 e. The molecule has 1 aromatic carbocycles. The SMILES string of the molecule is COC1CCN(C2CN(C(=O)C(C)Oc3ccccc3)C2)CC1. The minimum atomic E-state index is -0.433. The highest BCUT2D eigenvalue weighted by Gasteiger charge is 2.38. The Kier molecular flexibility index (Phi) is 5.18. The summed E-state index contributed by atoms with van der Waals surface area (Å²) in [6.45, 7) is 5.60. The Morgan fingerprint density at radius 2 is 1.83 bits per heavy atom. The molecule has 1 amide bonds. The van der Waals surface area contributed by atoms with Crippen LogP contribution in [0.2, 0.25) is 0 Å². The number of methoxy groups -OCH3 is 1. The number of hydrogen-bond acceptors (Lipinski definition) is 4. The van der Waals surface area contributed by atoms with Gasteiger partial charge >= 0.3 is 0 Å². The number of benzene rings is 1. The minimum Gasteiger partial charge on any atom is -0.481 e. The lowest BCUT2D eigenvalue weighted by Gasteiger charge is -2.47. The van der Waals surface area contributed by atoms with Crippen molar-refractivity contribution in [3.05, 3.63) is 30.3 Å². The lowest BCUT2D eigenvalue weighted by molar-refractivity contribution is -0.146. The predicted molar refractivity (Wildman–Crippen MR) is 88.5 cm³/mol. The van der Waals surface area contributed by atoms with Crippen molar-refractivity contribution in [3.63, 3.8) is 0 Å². The number of ether oxygens (including phenoxy) is 2. The van der Waals surface area contributed by atoms with E-state index < -0.39 is 6.10 Å². The summed E-state index contributed by atoms with van der Waals surface area (Å²) in [6, 6.07) is 10.0. The van der Waals surface area contributed by atoms with Gasteiger partial charge in [0.05, 0.1) is 6.10 Å². The number of likely N-dealkylation sites (tertiary alicyclic amines) is 2. The normalized spacial score (nSPS) is 21.7. The zero-order valence-electron chi connectivity index (χ0n) is 14.0. The highest BCUT2D eigenvalue weighted by molar-refractivity contribution is 5.81. The zero-order valence-corrected chi connectivity index (χ0v) is 14.0. The number of para-hydroxylation sites is 1. The van der Waals surface area contributed by atoms with E-state index in [9.17, 15) is 4.79 Å². The van der Waals surface area contributed by atoms with Crippen molar-refractivity contribution in [1.29, 1.82) is 0 Å². The lowest BCUT2D eigenvalue weighted by atomic mass is 10.0. The van der Waals surface area contributed by atoms with Gasteiger partial charge in [-0.2, -0.15) is 0 Å². The molecule has 0 spiro atoms. The fourth-order valence-corrected chi connectivity index (χ4v) is 3.35. The molecular weight excluding hydrogens is 292 g/mol. The molecule has 0 saturated carbocycles. The van der Waals surface area contributed by atoms with Gasteiger partial charge in [-0.25, -0.2) is 0 Å². The highest BCUT2D eigenvalue weighted by atomic mass is 16.5. The molecule has 0 aromatic heterocycles. The van der Waals surface area contributed by atoms with Crippen LogP contribution in [-0.4, -0.2) is 67.2 Å². The van der Waals surface area contributed by atoms with E-state index in [-0.39, 0.29) is 5.91 Å². The van der Waals surface area contributed by atoms with E-state index in [2.05, 4.69) is 4.90 Å². The summed E-state index contributed by atoms with van der Waals surface area (Å²) in [5, 5.41) is 0. The van der Waals surface area contributed by atoms with Crippen LogP contribution < -0.4 is 4.74 Å². The van der Waals surface area contributed by atoms with Crippen molar-refractivity contribution in [2.75, 3.05) is 33.3 Å². The van der Waals surface area contributed by atoms with Gasteiger partial charge in [0, 0.05) is 39.3 Å². The number of amides is 1. The molecule has 1 aromatic rings. The molecule has 2 fully saturated rings. The first-order chi connectivity index (χ1) is 11.2. The van der Waals surface area contributed by atoms with Crippen molar-refractivity contribution < 1.29 is 14.3 Å². The fraction of sp³-hybridized carbons (Fsp3) is 0.611. The van der Waals surface area contributed by atoms with E-state index >= 15 is 0 Å². The summed E-state index contributed by atoms with van der Waals surface area (Å²) in [5.41, 5.74) is 0. The number of hydrogen-bond donors (Lipinski definition) is 0. The van der Waals surface area contributed by atoms with Crippen LogP contribution in [0.3, 0.4) is 0 Å². The third kappa shape index (κ3) is 3.85. The van der Waals surface area contributed by atoms with Gasteiger partial charge in [-0.3, -0.25) is 9.69 Å². The molecule has 1 atom stereocenters. The van der Waals surface area contributed by atoms with Crippen molar-refractivity contribution >= 4 is 5.91 Å². The van der Waals surface area contributed by atoms with Crippen LogP contribution in [0.1, 0.15) is 19.8 Å². The Balaban J connectivity index is 1.43. The van der Waals surface area contributed by atoms with E-state index in [1.54, 1.807) is 7.11 Å². The molecule has 3 rings (SSSR count). The first-order valence-electron chi connectivity index (χ1n) is 8.44. The summed E-state index contributed by atoms with van der Waals surface area (Å²) >= 11 is 0. The van der Waals surface area contributed by atoms with E-state index in [4.69, 9.17) is 9.47 Å². The first-order valence-corrected chi connectivity index (χ1v) is 8.44. The maximum absolute atomic E-state index is 12.4. The van der Waals surface area contributed by atoms with Crippen LogP contribution in [0.5, 0.6) is 5.75 Å². The monoisotopic (exact) mass is 318 g/mol. The van der Waals surface area contributed by atoms with Gasteiger partial charge in [-0.1, -0.05) is 18.2 Å². The molecule has 0 N–H and O–H groups in total. The second-order valence-corrected chi connectivity index (χ2v) is 6.44. The van der Waals surface area contributed by atoms with E-state index in [0.717, 1.165) is 44.8 Å². The smallest absolute Gasteiger partial charge is 0.263 e. The standard InChI is InChI=1S/C18H26N2O3/c1-14(23-17-6-4-3-5-7-17)18(21)20-12-15(13-20)19-10-8-16(22-2)9-11-19/h3-7,14-16H,8-13H2,1-2H3. The molecule has 5 nitrogen and oxygen atoms in total. The van der Waals surface area contributed by atoms with Crippen LogP contribution in [-0.2, 0) is 9.53 Å². The van der Waals surface area contributed by atoms with E-state index in [1.165, 1.54) is 0 Å². The molecule has 2 heterocycles. The minimum absolute atomic E-state index is 0.0804. The Labute approximate surface area is 138 Å². The Morgan fingerprint density at radius 3 is 2.43 bits per heavy atom. The van der Waals surface area contributed by atoms with Crippen molar-refractivity contribution in [2.45, 2.75) is 38.0 Å². The quantitative estimate of drug-likeness (QED) is 0.830. The van der Waals surface area contributed by atoms with Gasteiger partial charge in [-0.05, 0) is 31.9 Å². The topological polar surface area (TPSA) is 42.0 Å². The highest BCUT2D eigenvalue weighted by Crippen LogP contribution is 2.22. The summed E-state index contributed by atoms with van der Waals surface area (Å²) < 4.78 is 11.1. The number of nitrogens with zero attached hydrogens (tertiary/aromatic N) is 2. The third-order valence-corrected chi connectivity index (χ3v) is 4.90. The molecule has 5 heteroatoms. The van der Waals surface area contributed by atoms with Crippen molar-refractivity contribution in [1.82, 2.24) is 9.80 Å². The molecule has 23 heavy (non-hydrogen) atoms. The van der Waals surface area contributed by atoms with E-state index in [1.807, 2.05) is 42.2 Å². The largest absolute Gasteiger partial charge is 0.481 e. The van der Waals surface area contributed by atoms with Gasteiger partial charge in [0.2, 0.25) is 0 Å². The zero-order chi connectivity index (χ0) is 16.2. The second-order valence-electron chi connectivity index (χ2n) is 6.44. The summed E-state index contributed by atoms with van der Waals surface area (Å²) in [5.74, 6) is 0.823. The number of carbonyl (C=O) groups is 1. The molecule has 2 aliphatic rings. The Morgan fingerprint density at radius 1 is 1.17 bits per heavy atom. The lowest BCUT2D eigenvalue weighted by Crippen LogP contribution is -2.64. The molecule has 0 bridgehead atoms. The van der Waals surface area contributed by atoms with Crippen LogP contribution in [0.15, 0.2) is 30.3 Å². The predicted octanol–water partition coefficient (Wildman–Crippen LogP) is 1.78. The van der Waals surface area contributed by atoms with Crippen molar-refractivity contribution in [2.24, 2.45) is 0 Å². The Hall–Kier alpha value is -1.59. The van der Waals surface area contributed by atoms with Gasteiger partial charge < -0.3 is 14.4 Å². The van der Waals surface area contributed by atoms with Crippen LogP contribution in [0.4, 0.5) is 0 Å². The molecule has 0 aliphatic carbocycles. The van der Waals surface area contributed by atoms with Crippen molar-refractivity contribution in [3.8, 4) is 5.75 Å². The molecular formula is C18H26N2O3. The van der Waals surface area contributed by atoms with E-state index in [0.29, 0.717) is 12.1 Å². The molecule has 0 radical (unpaired) electrons. The third-order valence-electron chi connectivity index (χ3n) is 4.90. The molecule has 126 valence electrons. The van der Waals surface area contributed by atoms with Crippen LogP contribution in [0, 0.1) is 0 Å². The average molecular weight is 318 g/mol. The second kappa shape index (κ2) is 7.32. The van der Waals surface area contributed by atoms with Gasteiger partial charge in [0.1, 0.15) is 5.75 Å². The summed E-state index contributed by atoms with van der Waals surface area (Å²) in [6.07, 6.45) is 2.16. The number of piperidine rings is 1.